The highest BCUT2D eigenvalue weighted by atomic mass is 79.9. The van der Waals surface area contributed by atoms with Crippen LogP contribution in [0.2, 0.25) is 0 Å². The lowest BCUT2D eigenvalue weighted by molar-refractivity contribution is -0.136. The van der Waals surface area contributed by atoms with Gasteiger partial charge in [-0.3, -0.25) is 4.79 Å². The molecule has 5 heteroatoms. The number of carbonyl (C=O) groups is 1. The molecule has 2 rings (SSSR count). The maximum Gasteiger partial charge on any atom is 0.307 e. The van der Waals surface area contributed by atoms with Gasteiger partial charge in [-0.15, -0.1) is 0 Å². The molecular formula is C12H13BrO4. The highest BCUT2D eigenvalue weighted by molar-refractivity contribution is 9.10. The van der Waals surface area contributed by atoms with Gasteiger partial charge < -0.3 is 14.6 Å². The number of rotatable bonds is 3. The number of benzene rings is 1. The van der Waals surface area contributed by atoms with Crippen molar-refractivity contribution in [2.45, 2.75) is 26.2 Å². The molecule has 0 unspecified atom stereocenters. The quantitative estimate of drug-likeness (QED) is 0.932. The van der Waals surface area contributed by atoms with Crippen LogP contribution in [0.25, 0.3) is 0 Å². The number of ether oxygens (including phenoxy) is 2. The highest BCUT2D eigenvalue weighted by Crippen LogP contribution is 2.46. The molecule has 92 valence electrons. The molecule has 1 aromatic carbocycles. The lowest BCUT2D eigenvalue weighted by atomic mass is 9.94. The van der Waals surface area contributed by atoms with Gasteiger partial charge in [0.05, 0.1) is 10.9 Å². The normalized spacial score (nSPS) is 13.2. The van der Waals surface area contributed by atoms with Crippen molar-refractivity contribution in [1.29, 1.82) is 0 Å². The average Bonchev–Trinajstić information content (AvgIpc) is 2.64. The molecule has 1 aromatic rings. The van der Waals surface area contributed by atoms with Gasteiger partial charge in [0.25, 0.3) is 0 Å². The zero-order valence-electron chi connectivity index (χ0n) is 9.62. The van der Waals surface area contributed by atoms with E-state index in [0.717, 1.165) is 15.6 Å². The van der Waals surface area contributed by atoms with Crippen LogP contribution in [0.5, 0.6) is 11.5 Å². The topological polar surface area (TPSA) is 55.8 Å². The maximum atomic E-state index is 10.9. The first-order valence-corrected chi connectivity index (χ1v) is 6.12. The molecule has 0 spiro atoms. The second-order valence-corrected chi connectivity index (χ2v) is 5.08. The van der Waals surface area contributed by atoms with Crippen LogP contribution >= 0.6 is 15.9 Å². The van der Waals surface area contributed by atoms with E-state index in [1.165, 1.54) is 0 Å². The predicted octanol–water partition coefficient (Wildman–Crippen LogP) is 2.93. The lowest BCUT2D eigenvalue weighted by Gasteiger charge is -2.15. The van der Waals surface area contributed by atoms with Crippen LogP contribution in [-0.4, -0.2) is 17.9 Å². The van der Waals surface area contributed by atoms with Crippen molar-refractivity contribution >= 4 is 21.9 Å². The molecule has 0 bridgehead atoms. The number of hydrogen-bond donors (Lipinski definition) is 1. The van der Waals surface area contributed by atoms with E-state index in [1.807, 2.05) is 13.8 Å². The fraction of sp³-hybridized carbons (Fsp3) is 0.417. The first-order chi connectivity index (χ1) is 8.00. The summed E-state index contributed by atoms with van der Waals surface area (Å²) >= 11 is 3.37. The summed E-state index contributed by atoms with van der Waals surface area (Å²) in [7, 11) is 0. The average molecular weight is 301 g/mol. The fourth-order valence-corrected chi connectivity index (χ4v) is 2.61. The minimum atomic E-state index is -0.849. The van der Waals surface area contributed by atoms with Gasteiger partial charge in [-0.2, -0.15) is 0 Å². The summed E-state index contributed by atoms with van der Waals surface area (Å²) in [5.41, 5.74) is 1.69. The maximum absolute atomic E-state index is 10.9. The van der Waals surface area contributed by atoms with Crippen LogP contribution in [-0.2, 0) is 11.2 Å². The molecule has 1 aliphatic rings. The first kappa shape index (κ1) is 12.2. The van der Waals surface area contributed by atoms with E-state index >= 15 is 0 Å². The van der Waals surface area contributed by atoms with E-state index in [-0.39, 0.29) is 19.1 Å². The Morgan fingerprint density at radius 2 is 2.12 bits per heavy atom. The van der Waals surface area contributed by atoms with Crippen molar-refractivity contribution in [3.8, 4) is 11.5 Å². The van der Waals surface area contributed by atoms with Gasteiger partial charge in [0.15, 0.2) is 11.5 Å². The number of aliphatic carboxylic acids is 1. The van der Waals surface area contributed by atoms with Crippen LogP contribution in [0.1, 0.15) is 30.9 Å². The van der Waals surface area contributed by atoms with Crippen LogP contribution in [0, 0.1) is 0 Å². The second-order valence-electron chi connectivity index (χ2n) is 4.22. The summed E-state index contributed by atoms with van der Waals surface area (Å²) in [4.78, 5) is 10.9. The minimum Gasteiger partial charge on any atom is -0.481 e. The smallest absolute Gasteiger partial charge is 0.307 e. The molecule has 0 aliphatic carbocycles. The van der Waals surface area contributed by atoms with E-state index < -0.39 is 5.97 Å². The molecule has 0 radical (unpaired) electrons. The second kappa shape index (κ2) is 4.56. The zero-order valence-corrected chi connectivity index (χ0v) is 11.2. The SMILES string of the molecule is CC(C)c1c(CC(=O)O)cc(Br)c2c1OCO2. The van der Waals surface area contributed by atoms with Crippen molar-refractivity contribution in [3.63, 3.8) is 0 Å². The van der Waals surface area contributed by atoms with Crippen LogP contribution in [0.3, 0.4) is 0 Å². The standard InChI is InChI=1S/C12H13BrO4/c1-6(2)10-7(4-9(14)15)3-8(13)11-12(10)17-5-16-11/h3,6H,4-5H2,1-2H3,(H,14,15). The monoisotopic (exact) mass is 300 g/mol. The molecule has 1 heterocycles. The summed E-state index contributed by atoms with van der Waals surface area (Å²) in [6, 6.07) is 1.80. The number of halogens is 1. The van der Waals surface area contributed by atoms with E-state index in [1.54, 1.807) is 6.07 Å². The molecule has 0 saturated heterocycles. The van der Waals surface area contributed by atoms with Crippen LogP contribution < -0.4 is 9.47 Å². The van der Waals surface area contributed by atoms with Gasteiger partial charge in [0.2, 0.25) is 6.79 Å². The van der Waals surface area contributed by atoms with E-state index in [9.17, 15) is 4.79 Å². The molecular weight excluding hydrogens is 288 g/mol. The Bertz CT molecular complexity index is 468. The summed E-state index contributed by atoms with van der Waals surface area (Å²) < 4.78 is 11.6. The minimum absolute atomic E-state index is 0.0112. The van der Waals surface area contributed by atoms with Gasteiger partial charge in [-0.25, -0.2) is 0 Å². The molecule has 0 fully saturated rings. The van der Waals surface area contributed by atoms with Crippen LogP contribution in [0.15, 0.2) is 10.5 Å². The van der Waals surface area contributed by atoms with Crippen LogP contribution in [0.4, 0.5) is 0 Å². The Kier molecular flexibility index (Phi) is 3.28. The fourth-order valence-electron chi connectivity index (χ4n) is 2.04. The Labute approximate surface area is 108 Å². The number of carboxylic acids is 1. The molecule has 0 saturated carbocycles. The van der Waals surface area contributed by atoms with E-state index in [0.29, 0.717) is 11.5 Å². The van der Waals surface area contributed by atoms with Gasteiger partial charge in [-0.05, 0) is 33.5 Å². The predicted molar refractivity (Wildman–Crippen MR) is 65.7 cm³/mol. The Balaban J connectivity index is 2.58. The molecule has 0 aromatic heterocycles. The zero-order chi connectivity index (χ0) is 12.6. The van der Waals surface area contributed by atoms with Gasteiger partial charge >= 0.3 is 5.97 Å². The number of carboxylic acid groups (broad SMARTS) is 1. The van der Waals surface area contributed by atoms with E-state index in [4.69, 9.17) is 14.6 Å². The van der Waals surface area contributed by atoms with E-state index in [2.05, 4.69) is 15.9 Å². The first-order valence-electron chi connectivity index (χ1n) is 5.33. The van der Waals surface area contributed by atoms with Crippen molar-refractivity contribution in [3.05, 3.63) is 21.7 Å². The molecule has 4 nitrogen and oxygen atoms in total. The summed E-state index contributed by atoms with van der Waals surface area (Å²) in [6.07, 6.45) is -0.0112. The van der Waals surface area contributed by atoms with Gasteiger partial charge in [-0.1, -0.05) is 13.8 Å². The Morgan fingerprint density at radius 1 is 1.47 bits per heavy atom. The Morgan fingerprint density at radius 3 is 2.71 bits per heavy atom. The Hall–Kier alpha value is -1.23. The third kappa shape index (κ3) is 2.24. The van der Waals surface area contributed by atoms with Crippen molar-refractivity contribution in [2.75, 3.05) is 6.79 Å². The molecule has 17 heavy (non-hydrogen) atoms. The summed E-state index contributed by atoms with van der Waals surface area (Å²) in [5, 5.41) is 8.93. The number of fused-ring (bicyclic) bond motifs is 1. The number of hydrogen-bond acceptors (Lipinski definition) is 3. The van der Waals surface area contributed by atoms with Gasteiger partial charge in [0, 0.05) is 5.56 Å². The third-order valence-corrected chi connectivity index (χ3v) is 3.23. The van der Waals surface area contributed by atoms with Crippen molar-refractivity contribution < 1.29 is 19.4 Å². The van der Waals surface area contributed by atoms with Crippen molar-refractivity contribution in [1.82, 2.24) is 0 Å². The lowest BCUT2D eigenvalue weighted by Crippen LogP contribution is -2.06. The summed E-state index contributed by atoms with van der Waals surface area (Å²) in [5.74, 6) is 0.680. The molecule has 1 N–H and O–H groups in total. The molecule has 1 aliphatic heterocycles. The molecule has 0 amide bonds. The third-order valence-electron chi connectivity index (χ3n) is 2.64. The molecule has 0 atom stereocenters. The largest absolute Gasteiger partial charge is 0.481 e. The highest BCUT2D eigenvalue weighted by Gasteiger charge is 2.26. The van der Waals surface area contributed by atoms with Gasteiger partial charge in [0.1, 0.15) is 0 Å². The summed E-state index contributed by atoms with van der Waals surface area (Å²) in [6.45, 7) is 4.21. The van der Waals surface area contributed by atoms with Crippen molar-refractivity contribution in [2.24, 2.45) is 0 Å².